The molecule has 0 aromatic rings. The molecule has 0 heterocycles. The Morgan fingerprint density at radius 1 is 1.00 bits per heavy atom. The molecule has 0 spiro atoms. The zero-order chi connectivity index (χ0) is 13.0. The molecule has 0 amide bonds. The number of hydrogen-bond acceptors (Lipinski definition) is 4. The number of esters is 1. The van der Waals surface area contributed by atoms with E-state index in [4.69, 9.17) is 14.2 Å². The summed E-state index contributed by atoms with van der Waals surface area (Å²) in [7, 11) is 4.97. The van der Waals surface area contributed by atoms with Crippen LogP contribution in [-0.2, 0) is 19.0 Å². The number of ether oxygens (including phenoxy) is 3. The predicted octanol–water partition coefficient (Wildman–Crippen LogP) is 1.97. The number of rotatable bonds is 3. The summed E-state index contributed by atoms with van der Waals surface area (Å²) in [6.45, 7) is 0. The Kier molecular flexibility index (Phi) is 2.72. The Morgan fingerprint density at radius 3 is 2.00 bits per heavy atom. The van der Waals surface area contributed by atoms with Gasteiger partial charge in [0.15, 0.2) is 5.79 Å². The maximum atomic E-state index is 12.1. The van der Waals surface area contributed by atoms with Gasteiger partial charge in [-0.25, -0.2) is 0 Å². The van der Waals surface area contributed by atoms with Gasteiger partial charge in [0.05, 0.1) is 12.5 Å². The minimum absolute atomic E-state index is 0.0253. The fourth-order valence-corrected chi connectivity index (χ4v) is 5.14. The van der Waals surface area contributed by atoms with Crippen molar-refractivity contribution in [3.63, 3.8) is 0 Å². The maximum Gasteiger partial charge on any atom is 0.311 e. The lowest BCUT2D eigenvalue weighted by atomic mass is 9.47. The molecular formula is C14H22O4. The van der Waals surface area contributed by atoms with Gasteiger partial charge in [0.2, 0.25) is 0 Å². The van der Waals surface area contributed by atoms with Crippen LogP contribution in [0, 0.1) is 23.2 Å². The average molecular weight is 254 g/mol. The van der Waals surface area contributed by atoms with E-state index in [0.29, 0.717) is 17.8 Å². The first kappa shape index (κ1) is 12.4. The fourth-order valence-electron chi connectivity index (χ4n) is 5.14. The normalized spacial score (nSPS) is 44.1. The molecule has 4 aliphatic rings. The summed E-state index contributed by atoms with van der Waals surface area (Å²) in [5.41, 5.74) is -0.258. The summed E-state index contributed by atoms with van der Waals surface area (Å²) < 4.78 is 16.5. The van der Waals surface area contributed by atoms with Gasteiger partial charge in [-0.3, -0.25) is 4.79 Å². The van der Waals surface area contributed by atoms with Crippen molar-refractivity contribution in [3.05, 3.63) is 0 Å². The summed E-state index contributed by atoms with van der Waals surface area (Å²) in [6.07, 6.45) is 4.95. The van der Waals surface area contributed by atoms with E-state index in [9.17, 15) is 4.79 Å². The van der Waals surface area contributed by atoms with Crippen LogP contribution in [0.2, 0.25) is 0 Å². The molecule has 0 radical (unpaired) electrons. The molecule has 0 saturated heterocycles. The molecule has 18 heavy (non-hydrogen) atoms. The Labute approximate surface area is 108 Å². The second-order valence-corrected chi connectivity index (χ2v) is 6.25. The molecule has 0 N–H and O–H groups in total. The molecule has 0 aromatic carbocycles. The minimum atomic E-state index is -0.464. The third-order valence-corrected chi connectivity index (χ3v) is 5.58. The summed E-state index contributed by atoms with van der Waals surface area (Å²) >= 11 is 0. The highest BCUT2D eigenvalue weighted by Gasteiger charge is 2.65. The molecular weight excluding hydrogens is 232 g/mol. The number of carbonyl (C=O) groups excluding carboxylic acids is 1. The van der Waals surface area contributed by atoms with Crippen LogP contribution in [0.15, 0.2) is 0 Å². The maximum absolute atomic E-state index is 12.1. The van der Waals surface area contributed by atoms with E-state index in [2.05, 4.69) is 0 Å². The standard InChI is InChI=1S/C14H22O4/c1-16-12(15)13-6-9-4-10(7-13)14(17-2,18-3)11(5-9)8-13/h9-11H,4-8H2,1-3H3/t9?,10-,11+,13?. The highest BCUT2D eigenvalue weighted by atomic mass is 16.7. The highest BCUT2D eigenvalue weighted by Crippen LogP contribution is 2.64. The molecule has 4 atom stereocenters. The Hall–Kier alpha value is -0.610. The van der Waals surface area contributed by atoms with E-state index in [1.807, 2.05) is 0 Å². The molecule has 4 fully saturated rings. The van der Waals surface area contributed by atoms with Crippen molar-refractivity contribution in [2.75, 3.05) is 21.3 Å². The summed E-state index contributed by atoms with van der Waals surface area (Å²) in [5, 5.41) is 0. The van der Waals surface area contributed by atoms with Crippen LogP contribution in [0.1, 0.15) is 32.1 Å². The van der Waals surface area contributed by atoms with Gasteiger partial charge < -0.3 is 14.2 Å². The molecule has 4 rings (SSSR count). The molecule has 2 unspecified atom stereocenters. The zero-order valence-corrected chi connectivity index (χ0v) is 11.4. The van der Waals surface area contributed by atoms with E-state index in [1.165, 1.54) is 7.11 Å². The lowest BCUT2D eigenvalue weighted by molar-refractivity contribution is -0.329. The lowest BCUT2D eigenvalue weighted by Gasteiger charge is -2.62. The van der Waals surface area contributed by atoms with Crippen LogP contribution >= 0.6 is 0 Å². The van der Waals surface area contributed by atoms with Gasteiger partial charge in [-0.1, -0.05) is 0 Å². The molecule has 0 aliphatic heterocycles. The molecule has 4 nitrogen and oxygen atoms in total. The van der Waals surface area contributed by atoms with E-state index in [1.54, 1.807) is 14.2 Å². The van der Waals surface area contributed by atoms with Gasteiger partial charge in [-0.05, 0) is 38.0 Å². The first-order valence-corrected chi connectivity index (χ1v) is 6.79. The molecule has 4 bridgehead atoms. The van der Waals surface area contributed by atoms with Crippen molar-refractivity contribution in [2.45, 2.75) is 37.9 Å². The van der Waals surface area contributed by atoms with Crippen LogP contribution in [0.25, 0.3) is 0 Å². The SMILES string of the molecule is COC(=O)C12CC3C[C@H](C1)C(OC)(OC)[C@@H](C3)C2. The molecule has 4 saturated carbocycles. The Bertz CT molecular complexity index is 343. The summed E-state index contributed by atoms with van der Waals surface area (Å²) in [4.78, 5) is 12.1. The van der Waals surface area contributed by atoms with Crippen molar-refractivity contribution < 1.29 is 19.0 Å². The van der Waals surface area contributed by atoms with E-state index >= 15 is 0 Å². The molecule has 4 heteroatoms. The second-order valence-electron chi connectivity index (χ2n) is 6.25. The van der Waals surface area contributed by atoms with Gasteiger partial charge in [0, 0.05) is 26.1 Å². The summed E-state index contributed by atoms with van der Waals surface area (Å²) in [6, 6.07) is 0. The lowest BCUT2D eigenvalue weighted by Crippen LogP contribution is -2.64. The van der Waals surface area contributed by atoms with Crippen molar-refractivity contribution in [1.82, 2.24) is 0 Å². The molecule has 0 aromatic heterocycles. The van der Waals surface area contributed by atoms with Crippen LogP contribution in [0.3, 0.4) is 0 Å². The summed E-state index contributed by atoms with van der Waals surface area (Å²) in [5.74, 6) is 0.812. The number of hydrogen-bond donors (Lipinski definition) is 0. The Balaban J connectivity index is 1.95. The molecule has 102 valence electrons. The first-order chi connectivity index (χ1) is 8.60. The van der Waals surface area contributed by atoms with Crippen LogP contribution in [0.4, 0.5) is 0 Å². The highest BCUT2D eigenvalue weighted by molar-refractivity contribution is 5.77. The van der Waals surface area contributed by atoms with Crippen LogP contribution < -0.4 is 0 Å². The average Bonchev–Trinajstić information content (AvgIpc) is 2.38. The van der Waals surface area contributed by atoms with Crippen molar-refractivity contribution in [1.29, 1.82) is 0 Å². The quantitative estimate of drug-likeness (QED) is 0.570. The minimum Gasteiger partial charge on any atom is -0.469 e. The second kappa shape index (κ2) is 3.94. The van der Waals surface area contributed by atoms with Crippen molar-refractivity contribution >= 4 is 5.97 Å². The van der Waals surface area contributed by atoms with Crippen molar-refractivity contribution in [2.24, 2.45) is 23.2 Å². The molecule has 4 aliphatic carbocycles. The first-order valence-electron chi connectivity index (χ1n) is 6.79. The Morgan fingerprint density at radius 2 is 1.56 bits per heavy atom. The van der Waals surface area contributed by atoms with Crippen molar-refractivity contribution in [3.8, 4) is 0 Å². The van der Waals surface area contributed by atoms with Gasteiger partial charge in [0.25, 0.3) is 0 Å². The van der Waals surface area contributed by atoms with E-state index in [0.717, 1.165) is 32.1 Å². The van der Waals surface area contributed by atoms with Gasteiger partial charge in [-0.2, -0.15) is 0 Å². The van der Waals surface area contributed by atoms with Crippen LogP contribution in [0.5, 0.6) is 0 Å². The smallest absolute Gasteiger partial charge is 0.311 e. The third kappa shape index (κ3) is 1.36. The topological polar surface area (TPSA) is 44.8 Å². The monoisotopic (exact) mass is 254 g/mol. The van der Waals surface area contributed by atoms with Gasteiger partial charge in [-0.15, -0.1) is 0 Å². The van der Waals surface area contributed by atoms with Crippen LogP contribution in [-0.4, -0.2) is 33.1 Å². The van der Waals surface area contributed by atoms with E-state index in [-0.39, 0.29) is 11.4 Å². The number of methoxy groups -OCH3 is 3. The largest absolute Gasteiger partial charge is 0.469 e. The predicted molar refractivity (Wildman–Crippen MR) is 64.8 cm³/mol. The number of carbonyl (C=O) groups is 1. The van der Waals surface area contributed by atoms with E-state index < -0.39 is 5.79 Å². The fraction of sp³-hybridized carbons (Fsp3) is 0.929. The van der Waals surface area contributed by atoms with Gasteiger partial charge >= 0.3 is 5.97 Å². The third-order valence-electron chi connectivity index (χ3n) is 5.58. The van der Waals surface area contributed by atoms with Gasteiger partial charge in [0.1, 0.15) is 0 Å². The zero-order valence-electron chi connectivity index (χ0n) is 11.4.